The summed E-state index contributed by atoms with van der Waals surface area (Å²) in [5.74, 6) is -0.572. The van der Waals surface area contributed by atoms with Gasteiger partial charge in [-0.2, -0.15) is 0 Å². The summed E-state index contributed by atoms with van der Waals surface area (Å²) in [5, 5.41) is 2.95. The lowest BCUT2D eigenvalue weighted by Gasteiger charge is -2.18. The van der Waals surface area contributed by atoms with Gasteiger partial charge in [-0.25, -0.2) is 9.78 Å². The van der Waals surface area contributed by atoms with Crippen LogP contribution in [-0.4, -0.2) is 30.0 Å². The van der Waals surface area contributed by atoms with Crippen LogP contribution in [-0.2, 0) is 9.53 Å². The van der Waals surface area contributed by atoms with Crippen LogP contribution < -0.4 is 5.32 Å². The number of rotatable bonds is 5. The second kappa shape index (κ2) is 7.09. The third-order valence-corrected chi connectivity index (χ3v) is 2.71. The van der Waals surface area contributed by atoms with E-state index in [9.17, 15) is 9.59 Å². The third-order valence-electron chi connectivity index (χ3n) is 2.49. The highest BCUT2D eigenvalue weighted by Gasteiger charge is 2.23. The Morgan fingerprint density at radius 2 is 2.11 bits per heavy atom. The molecule has 0 fully saturated rings. The van der Waals surface area contributed by atoms with Crippen molar-refractivity contribution in [3.63, 3.8) is 0 Å². The number of aromatic nitrogens is 1. The first-order valence-electron chi connectivity index (χ1n) is 5.94. The topological polar surface area (TPSA) is 68.3 Å². The molecule has 1 rings (SSSR count). The largest absolute Gasteiger partial charge is 0.467 e. The predicted molar refractivity (Wildman–Crippen MR) is 72.0 cm³/mol. The first-order valence-corrected chi connectivity index (χ1v) is 6.32. The Kier molecular flexibility index (Phi) is 5.76. The Morgan fingerprint density at radius 3 is 2.58 bits per heavy atom. The van der Waals surface area contributed by atoms with Gasteiger partial charge in [0.05, 0.1) is 12.7 Å². The van der Waals surface area contributed by atoms with Gasteiger partial charge >= 0.3 is 5.97 Å². The summed E-state index contributed by atoms with van der Waals surface area (Å²) in [6.07, 6.45) is 1.88. The molecule has 1 amide bonds. The van der Waals surface area contributed by atoms with Gasteiger partial charge in [-0.1, -0.05) is 25.4 Å². The number of carbonyl (C=O) groups excluding carboxylic acids is 2. The summed E-state index contributed by atoms with van der Waals surface area (Å²) >= 11 is 5.65. The fraction of sp³-hybridized carbons (Fsp3) is 0.462. The number of nitrogens with one attached hydrogen (secondary N) is 1. The van der Waals surface area contributed by atoms with E-state index in [1.54, 1.807) is 6.07 Å². The first kappa shape index (κ1) is 15.4. The first-order chi connectivity index (χ1) is 8.93. The summed E-state index contributed by atoms with van der Waals surface area (Å²) in [4.78, 5) is 27.4. The van der Waals surface area contributed by atoms with E-state index in [1.165, 1.54) is 19.4 Å². The highest BCUT2D eigenvalue weighted by Crippen LogP contribution is 2.09. The number of hydrogen-bond acceptors (Lipinski definition) is 4. The fourth-order valence-corrected chi connectivity index (χ4v) is 1.69. The van der Waals surface area contributed by atoms with Crippen LogP contribution in [0.5, 0.6) is 0 Å². The van der Waals surface area contributed by atoms with Crippen molar-refractivity contribution in [1.82, 2.24) is 10.3 Å². The Balaban J connectivity index is 2.75. The summed E-state index contributed by atoms with van der Waals surface area (Å²) < 4.78 is 4.68. The van der Waals surface area contributed by atoms with Crippen molar-refractivity contribution in [2.45, 2.75) is 26.3 Å². The maximum atomic E-state index is 12.0. The van der Waals surface area contributed by atoms with Gasteiger partial charge in [-0.3, -0.25) is 4.79 Å². The second-order valence-electron chi connectivity index (χ2n) is 4.55. The number of halogens is 1. The zero-order chi connectivity index (χ0) is 14.4. The zero-order valence-electron chi connectivity index (χ0n) is 11.1. The van der Waals surface area contributed by atoms with E-state index in [-0.39, 0.29) is 11.8 Å². The molecule has 1 N–H and O–H groups in total. The van der Waals surface area contributed by atoms with Gasteiger partial charge in [-0.05, 0) is 24.5 Å². The highest BCUT2D eigenvalue weighted by molar-refractivity contribution is 6.29. The Bertz CT molecular complexity index is 446. The van der Waals surface area contributed by atoms with E-state index in [1.807, 2.05) is 13.8 Å². The summed E-state index contributed by atoms with van der Waals surface area (Å²) in [5.41, 5.74) is 0.349. The van der Waals surface area contributed by atoms with Crippen LogP contribution >= 0.6 is 11.6 Å². The second-order valence-corrected chi connectivity index (χ2v) is 4.94. The molecule has 0 saturated carbocycles. The predicted octanol–water partition coefficient (Wildman–Crippen LogP) is 2.05. The van der Waals surface area contributed by atoms with E-state index in [4.69, 9.17) is 11.6 Å². The number of carbonyl (C=O) groups is 2. The normalized spacial score (nSPS) is 12.1. The van der Waals surface area contributed by atoms with Crippen molar-refractivity contribution in [2.75, 3.05) is 7.11 Å². The van der Waals surface area contributed by atoms with E-state index in [0.717, 1.165) is 0 Å². The molecule has 1 aromatic rings. The van der Waals surface area contributed by atoms with Crippen LogP contribution in [0.1, 0.15) is 30.6 Å². The number of ether oxygens (including phenoxy) is 1. The van der Waals surface area contributed by atoms with Crippen LogP contribution in [0.25, 0.3) is 0 Å². The van der Waals surface area contributed by atoms with Crippen molar-refractivity contribution in [2.24, 2.45) is 5.92 Å². The monoisotopic (exact) mass is 284 g/mol. The quantitative estimate of drug-likeness (QED) is 0.664. The lowest BCUT2D eigenvalue weighted by atomic mass is 10.0. The smallest absolute Gasteiger partial charge is 0.328 e. The Hall–Kier alpha value is -1.62. The van der Waals surface area contributed by atoms with E-state index in [2.05, 4.69) is 15.0 Å². The van der Waals surface area contributed by atoms with Crippen LogP contribution in [0.4, 0.5) is 0 Å². The van der Waals surface area contributed by atoms with Gasteiger partial charge in [0, 0.05) is 6.20 Å². The number of hydrogen-bond donors (Lipinski definition) is 1. The molecule has 104 valence electrons. The molecule has 0 radical (unpaired) electrons. The molecule has 6 heteroatoms. The third kappa shape index (κ3) is 4.87. The molecule has 0 aromatic carbocycles. The van der Waals surface area contributed by atoms with Crippen molar-refractivity contribution in [3.8, 4) is 0 Å². The number of pyridine rings is 1. The molecule has 0 unspecified atom stereocenters. The molecule has 0 spiro atoms. The average molecular weight is 285 g/mol. The number of amides is 1. The van der Waals surface area contributed by atoms with Crippen molar-refractivity contribution < 1.29 is 14.3 Å². The molecule has 5 nitrogen and oxygen atoms in total. The molecule has 0 saturated heterocycles. The van der Waals surface area contributed by atoms with Crippen molar-refractivity contribution >= 4 is 23.5 Å². The zero-order valence-corrected chi connectivity index (χ0v) is 11.9. The molecule has 0 aliphatic rings. The van der Waals surface area contributed by atoms with Gasteiger partial charge in [0.25, 0.3) is 5.91 Å². The lowest BCUT2D eigenvalue weighted by molar-refractivity contribution is -0.143. The molecule has 0 aliphatic carbocycles. The Labute approximate surface area is 117 Å². The van der Waals surface area contributed by atoms with E-state index >= 15 is 0 Å². The molecule has 1 atom stereocenters. The van der Waals surface area contributed by atoms with Gasteiger partial charge in [0.1, 0.15) is 11.2 Å². The van der Waals surface area contributed by atoms with Crippen molar-refractivity contribution in [1.29, 1.82) is 0 Å². The van der Waals surface area contributed by atoms with Crippen LogP contribution in [0.3, 0.4) is 0 Å². The maximum absolute atomic E-state index is 12.0. The minimum absolute atomic E-state index is 0.257. The summed E-state index contributed by atoms with van der Waals surface area (Å²) in [7, 11) is 1.30. The Morgan fingerprint density at radius 1 is 1.42 bits per heavy atom. The van der Waals surface area contributed by atoms with Gasteiger partial charge in [0.2, 0.25) is 0 Å². The minimum Gasteiger partial charge on any atom is -0.467 e. The van der Waals surface area contributed by atoms with E-state index < -0.39 is 12.0 Å². The van der Waals surface area contributed by atoms with Crippen LogP contribution in [0.2, 0.25) is 5.15 Å². The molecule has 1 aromatic heterocycles. The van der Waals surface area contributed by atoms with Gasteiger partial charge in [-0.15, -0.1) is 0 Å². The van der Waals surface area contributed by atoms with Crippen LogP contribution in [0.15, 0.2) is 18.3 Å². The molecular weight excluding hydrogens is 268 g/mol. The molecule has 0 bridgehead atoms. The molecule has 19 heavy (non-hydrogen) atoms. The maximum Gasteiger partial charge on any atom is 0.328 e. The van der Waals surface area contributed by atoms with Gasteiger partial charge in [0.15, 0.2) is 0 Å². The molecular formula is C13H17ClN2O3. The van der Waals surface area contributed by atoms with E-state index in [0.29, 0.717) is 17.1 Å². The number of nitrogens with zero attached hydrogens (tertiary/aromatic N) is 1. The molecule has 0 aliphatic heterocycles. The minimum atomic E-state index is -0.659. The SMILES string of the molecule is COC(=O)[C@H](CC(C)C)NC(=O)c1ccc(Cl)nc1. The lowest BCUT2D eigenvalue weighted by Crippen LogP contribution is -2.42. The number of methoxy groups -OCH3 is 1. The molecule has 1 heterocycles. The van der Waals surface area contributed by atoms with Gasteiger partial charge < -0.3 is 10.1 Å². The summed E-state index contributed by atoms with van der Waals surface area (Å²) in [6.45, 7) is 3.93. The average Bonchev–Trinajstić information content (AvgIpc) is 2.37. The number of esters is 1. The summed E-state index contributed by atoms with van der Waals surface area (Å²) in [6, 6.07) is 2.41. The van der Waals surface area contributed by atoms with Crippen LogP contribution in [0, 0.1) is 5.92 Å². The fourth-order valence-electron chi connectivity index (χ4n) is 1.58. The standard InChI is InChI=1S/C13H17ClN2O3/c1-8(2)6-10(13(18)19-3)16-12(17)9-4-5-11(14)15-7-9/h4-5,7-8,10H,6H2,1-3H3,(H,16,17)/t10-/m0/s1. The highest BCUT2D eigenvalue weighted by atomic mass is 35.5. The van der Waals surface area contributed by atoms with Crippen molar-refractivity contribution in [3.05, 3.63) is 29.0 Å².